The number of aliphatic hydroxyl groups excluding tert-OH is 2. The Kier molecular flexibility index (Phi) is 13.4. The Labute approximate surface area is 428 Å². The van der Waals surface area contributed by atoms with Crippen molar-refractivity contribution in [1.29, 1.82) is 0 Å². The molecule has 0 radical (unpaired) electrons. The molecule has 7 aromatic rings. The number of carbonyl (C=O) groups excluding carboxylic acids is 1. The van der Waals surface area contributed by atoms with Gasteiger partial charge in [-0.05, 0) is 76.7 Å². The Balaban J connectivity index is 0.000000180. The molecule has 5 aromatic carbocycles. The molecule has 6 heterocycles. The van der Waals surface area contributed by atoms with Crippen LogP contribution < -0.4 is 33.7 Å². The van der Waals surface area contributed by atoms with E-state index in [1.54, 1.807) is 43.5 Å². The van der Waals surface area contributed by atoms with Crippen molar-refractivity contribution in [3.63, 3.8) is 0 Å². The topological polar surface area (TPSA) is 241 Å². The van der Waals surface area contributed by atoms with E-state index >= 15 is 0 Å². The third-order valence-electron chi connectivity index (χ3n) is 13.7. The molecule has 74 heavy (non-hydrogen) atoms. The minimum absolute atomic E-state index is 0.0242. The number of aliphatic hydroxyl groups is 2. The molecule has 0 saturated carbocycles. The van der Waals surface area contributed by atoms with Gasteiger partial charge in [0, 0.05) is 28.7 Å². The second-order valence-corrected chi connectivity index (χ2v) is 20.9. The molecule has 19 nitrogen and oxygen atoms in total. The largest absolute Gasteiger partial charge is 0.502 e. The van der Waals surface area contributed by atoms with Crippen LogP contribution in [0.25, 0.3) is 21.8 Å². The molecule has 0 bridgehead atoms. The Morgan fingerprint density at radius 1 is 0.757 bits per heavy atom. The molecule has 5 aliphatic rings. The Bertz CT molecular complexity index is 3280. The number of thiophene rings is 1. The summed E-state index contributed by atoms with van der Waals surface area (Å²) in [6.45, 7) is 0.171. The fourth-order valence-corrected chi connectivity index (χ4v) is 11.6. The number of carbonyl (C=O) groups is 1. The number of cyclic esters (lactones) is 1. The van der Waals surface area contributed by atoms with Crippen LogP contribution in [0.1, 0.15) is 39.9 Å². The van der Waals surface area contributed by atoms with E-state index in [4.69, 9.17) is 52.4 Å². The summed E-state index contributed by atoms with van der Waals surface area (Å²) in [5.74, 6) is -0.558. The number of nitrogens with one attached hydrogen (secondary N) is 2. The first-order valence-electron chi connectivity index (χ1n) is 23.5. The van der Waals surface area contributed by atoms with E-state index in [9.17, 15) is 28.5 Å². The fourth-order valence-electron chi connectivity index (χ4n) is 10.4. The highest BCUT2D eigenvalue weighted by atomic mass is 32.2. The number of ether oxygens (including phenoxy) is 10. The Morgan fingerprint density at radius 3 is 2.08 bits per heavy atom. The first-order valence-corrected chi connectivity index (χ1v) is 26.3. The lowest BCUT2D eigenvalue weighted by atomic mass is 9.66. The molecule has 10 atom stereocenters. The van der Waals surface area contributed by atoms with Gasteiger partial charge in [0.25, 0.3) is 0 Å². The van der Waals surface area contributed by atoms with E-state index < -0.39 is 76.8 Å². The molecule has 21 heteroatoms. The number of anilines is 3. The van der Waals surface area contributed by atoms with E-state index in [0.717, 1.165) is 44.3 Å². The third-order valence-corrected chi connectivity index (χ3v) is 15.2. The van der Waals surface area contributed by atoms with Crippen molar-refractivity contribution in [3.05, 3.63) is 130 Å². The maximum atomic E-state index is 13.5. The number of benzene rings is 5. The number of hydrogen-bond acceptors (Lipinski definition) is 19. The molecule has 0 spiro atoms. The van der Waals surface area contributed by atoms with E-state index in [-0.39, 0.29) is 37.3 Å². The predicted octanol–water partition coefficient (Wildman–Crippen LogP) is 7.26. The van der Waals surface area contributed by atoms with Gasteiger partial charge < -0.3 is 68.0 Å². The van der Waals surface area contributed by atoms with E-state index in [1.165, 1.54) is 25.6 Å². The predicted molar refractivity (Wildman–Crippen MR) is 270 cm³/mol. The smallest absolute Gasteiger partial charge is 0.310 e. The Hall–Kier alpha value is -6.95. The Morgan fingerprint density at radius 2 is 1.43 bits per heavy atom. The van der Waals surface area contributed by atoms with Gasteiger partial charge in [-0.2, -0.15) is 0 Å². The van der Waals surface area contributed by atoms with E-state index in [1.807, 2.05) is 72.1 Å². The zero-order valence-corrected chi connectivity index (χ0v) is 41.8. The number of hydrogen-bond donors (Lipinski definition) is 5. The van der Waals surface area contributed by atoms with Gasteiger partial charge in [-0.25, -0.2) is 13.4 Å². The van der Waals surface area contributed by atoms with Crippen molar-refractivity contribution in [2.45, 2.75) is 49.0 Å². The van der Waals surface area contributed by atoms with Crippen LogP contribution in [0.3, 0.4) is 0 Å². The van der Waals surface area contributed by atoms with Gasteiger partial charge in [-0.1, -0.05) is 42.5 Å². The quantitative estimate of drug-likeness (QED) is 0.0632. The lowest BCUT2D eigenvalue weighted by Crippen LogP contribution is -2.62. The van der Waals surface area contributed by atoms with Crippen molar-refractivity contribution in [2.75, 3.05) is 57.6 Å². The van der Waals surface area contributed by atoms with E-state index in [0.29, 0.717) is 39.6 Å². The summed E-state index contributed by atoms with van der Waals surface area (Å²) in [5.41, 5.74) is 5.86. The van der Waals surface area contributed by atoms with Crippen molar-refractivity contribution < 1.29 is 75.9 Å². The molecular formula is C53H51N3O16S2. The lowest BCUT2D eigenvalue weighted by Gasteiger charge is -2.48. The molecule has 3 fully saturated rings. The number of phenolic OH excluding ortho intramolecular Hbond substituents is 1. The van der Waals surface area contributed by atoms with Crippen LogP contribution in [0.2, 0.25) is 0 Å². The maximum absolute atomic E-state index is 13.5. The van der Waals surface area contributed by atoms with Gasteiger partial charge in [0.2, 0.25) is 22.6 Å². The minimum atomic E-state index is -3.37. The van der Waals surface area contributed by atoms with Crippen LogP contribution in [0, 0.1) is 11.8 Å². The fraction of sp³-hybridized carbons (Fsp3) is 0.321. The van der Waals surface area contributed by atoms with Crippen LogP contribution in [0.15, 0.2) is 109 Å². The average Bonchev–Trinajstić information content (AvgIpc) is 4.20. The van der Waals surface area contributed by atoms with Crippen LogP contribution in [-0.2, 0) is 38.5 Å². The third kappa shape index (κ3) is 9.23. The highest BCUT2D eigenvalue weighted by Gasteiger charge is 2.56. The number of methoxy groups -OCH3 is 3. The maximum Gasteiger partial charge on any atom is 0.310 e. The molecule has 3 saturated heterocycles. The zero-order chi connectivity index (χ0) is 51.4. The summed E-state index contributed by atoms with van der Waals surface area (Å²) in [6, 6.07) is 31.7. The number of rotatable bonds is 11. The molecular weight excluding hydrogens is 999 g/mol. The number of pyridine rings is 1. The second-order valence-electron chi connectivity index (χ2n) is 18.2. The summed E-state index contributed by atoms with van der Waals surface area (Å²) in [5, 5.41) is 40.4. The number of fused-ring (bicyclic) bond motifs is 6. The van der Waals surface area contributed by atoms with Crippen LogP contribution in [-0.4, -0.2) is 113 Å². The van der Waals surface area contributed by atoms with Crippen LogP contribution >= 0.6 is 11.3 Å². The first-order chi connectivity index (χ1) is 35.8. The number of esters is 1. The summed E-state index contributed by atoms with van der Waals surface area (Å²) in [7, 11) is 1.05. The molecule has 3 unspecified atom stereocenters. The lowest BCUT2D eigenvalue weighted by molar-refractivity contribution is -0.368. The SMILES string of the molecule is COc1cc(NS(C)(=O)=O)ccc1Nc1c2ccccc2nc2ccccc12.COc1cc([C@@H]2c3cc4c(cc3C(O[C@@H]3O[C@@H]5COC(c6cccs6)O[C@H]5[C@H](O)[C@H]3O)C3COC(=O)[C@@H]32)OCO4)cc(OC)c1O. The van der Waals surface area contributed by atoms with Crippen LogP contribution in [0.5, 0.6) is 34.5 Å². The van der Waals surface area contributed by atoms with E-state index in [2.05, 4.69) is 10.0 Å². The highest BCUT2D eigenvalue weighted by molar-refractivity contribution is 7.92. The van der Waals surface area contributed by atoms with Gasteiger partial charge >= 0.3 is 5.97 Å². The van der Waals surface area contributed by atoms with Crippen molar-refractivity contribution in [3.8, 4) is 34.5 Å². The average molecular weight is 1050 g/mol. The first kappa shape index (κ1) is 49.3. The van der Waals surface area contributed by atoms with Gasteiger partial charge in [0.05, 0.1) is 85.8 Å². The monoisotopic (exact) mass is 1050 g/mol. The minimum Gasteiger partial charge on any atom is -0.502 e. The summed E-state index contributed by atoms with van der Waals surface area (Å²) < 4.78 is 83.5. The summed E-state index contributed by atoms with van der Waals surface area (Å²) in [6.07, 6.45) is -6.05. The molecule has 12 rings (SSSR count). The molecule has 1 aliphatic carbocycles. The normalized spacial score (nSPS) is 25.7. The zero-order valence-electron chi connectivity index (χ0n) is 40.2. The van der Waals surface area contributed by atoms with Gasteiger partial charge in [-0.15, -0.1) is 11.3 Å². The van der Waals surface area contributed by atoms with Crippen LogP contribution in [0.4, 0.5) is 17.1 Å². The standard InChI is InChI=1S/C32H32O13S.C21H19N3O3S/c1-37-19-6-13(7-20(38-2)25(19)33)23-14-8-17-18(42-12-41-17)9-15(14)28(16-10-39-30(36)24(16)23)44-32-27(35)26(34)29-21(43-32)11-40-31(45-29)22-4-3-5-46-22;1-27-20-13-14(24-28(2,25)26)11-12-19(20)23-21-15-7-3-5-9-17(15)22-18-10-6-4-8-16(18)21/h3-9,16,21,23-24,26-29,31-35H,10-12H2,1-2H3;3-13,24H,1-2H3,(H,22,23)/t16?,21-,23-,24+,26-,27-,28?,29-,31?,32+;/m1./s1. The molecule has 5 N–H and O–H groups in total. The number of aromatic nitrogens is 1. The number of sulfonamides is 1. The number of nitrogens with zero attached hydrogens (tertiary/aromatic N) is 1. The molecule has 4 aliphatic heterocycles. The van der Waals surface area contributed by atoms with Gasteiger partial charge in [0.15, 0.2) is 35.6 Å². The number of para-hydroxylation sites is 2. The van der Waals surface area contributed by atoms with Crippen molar-refractivity contribution in [1.82, 2.24) is 4.98 Å². The van der Waals surface area contributed by atoms with Gasteiger partial charge in [-0.3, -0.25) is 9.52 Å². The van der Waals surface area contributed by atoms with Crippen molar-refractivity contribution in [2.24, 2.45) is 11.8 Å². The summed E-state index contributed by atoms with van der Waals surface area (Å²) in [4.78, 5) is 19.1. The van der Waals surface area contributed by atoms with Gasteiger partial charge in [0.1, 0.15) is 30.2 Å². The summed E-state index contributed by atoms with van der Waals surface area (Å²) >= 11 is 1.46. The number of phenols is 1. The number of aromatic hydroxyl groups is 1. The van der Waals surface area contributed by atoms with Crippen molar-refractivity contribution >= 4 is 66.2 Å². The molecule has 0 amide bonds. The molecule has 2 aromatic heterocycles. The molecule has 386 valence electrons. The second kappa shape index (κ2) is 20.1. The highest BCUT2D eigenvalue weighted by Crippen LogP contribution is 2.57.